The van der Waals surface area contributed by atoms with E-state index in [1.807, 2.05) is 6.92 Å². The minimum atomic E-state index is -0.698. The summed E-state index contributed by atoms with van der Waals surface area (Å²) in [4.78, 5) is 3.71. The molecule has 94 valence electrons. The molecule has 0 amide bonds. The molecule has 7 heteroatoms. The first kappa shape index (κ1) is 12.6. The van der Waals surface area contributed by atoms with Crippen LogP contribution in [-0.4, -0.2) is 20.3 Å². The molecule has 1 N–H and O–H groups in total. The molecule has 0 aliphatic heterocycles. The maximum absolute atomic E-state index is 13.4. The van der Waals surface area contributed by atoms with Crippen LogP contribution in [0.5, 0.6) is 0 Å². The van der Waals surface area contributed by atoms with Crippen molar-refractivity contribution in [1.82, 2.24) is 14.8 Å². The van der Waals surface area contributed by atoms with Crippen LogP contribution in [0.2, 0.25) is 0 Å². The molecule has 0 bridgehead atoms. The van der Waals surface area contributed by atoms with Gasteiger partial charge < -0.3 is 5.32 Å². The molecule has 0 saturated heterocycles. The van der Waals surface area contributed by atoms with Gasteiger partial charge in [0.25, 0.3) is 0 Å². The van der Waals surface area contributed by atoms with Crippen LogP contribution in [0.3, 0.4) is 0 Å². The largest absolute Gasteiger partial charge is 0.336 e. The predicted octanol–water partition coefficient (Wildman–Crippen LogP) is 2.28. The lowest BCUT2D eigenvalue weighted by Gasteiger charge is -2.04. The van der Waals surface area contributed by atoms with Crippen LogP contribution in [0, 0.1) is 18.6 Å². The van der Waals surface area contributed by atoms with Gasteiger partial charge in [-0.25, -0.2) is 8.78 Å². The molecule has 0 aliphatic rings. The molecule has 18 heavy (non-hydrogen) atoms. The molecular weight excluding hydrogens is 258 g/mol. The highest BCUT2D eigenvalue weighted by molar-refractivity contribution is 7.79. The SMILES string of the molecule is Cc1cc(NC=S)nn1Cc1ncc(F)cc1F. The van der Waals surface area contributed by atoms with Gasteiger partial charge in [-0.1, -0.05) is 12.2 Å². The Hall–Kier alpha value is -1.89. The Balaban J connectivity index is 2.25. The summed E-state index contributed by atoms with van der Waals surface area (Å²) in [5.74, 6) is -0.809. The summed E-state index contributed by atoms with van der Waals surface area (Å²) in [6.45, 7) is 1.96. The Bertz CT molecular complexity index is 582. The lowest BCUT2D eigenvalue weighted by atomic mass is 10.3. The summed E-state index contributed by atoms with van der Waals surface area (Å²) in [5, 5.41) is 6.93. The number of aryl methyl sites for hydroxylation is 1. The Morgan fingerprint density at radius 1 is 1.44 bits per heavy atom. The Morgan fingerprint density at radius 3 is 2.89 bits per heavy atom. The predicted molar refractivity (Wildman–Crippen MR) is 67.5 cm³/mol. The fraction of sp³-hybridized carbons (Fsp3) is 0.182. The summed E-state index contributed by atoms with van der Waals surface area (Å²) < 4.78 is 27.7. The lowest BCUT2D eigenvalue weighted by molar-refractivity contribution is 0.539. The fourth-order valence-corrected chi connectivity index (χ4v) is 1.62. The first-order valence-corrected chi connectivity index (χ1v) is 5.62. The average Bonchev–Trinajstić information content (AvgIpc) is 2.64. The maximum atomic E-state index is 13.4. The summed E-state index contributed by atoms with van der Waals surface area (Å²) in [6, 6.07) is 2.57. The quantitative estimate of drug-likeness (QED) is 0.864. The van der Waals surface area contributed by atoms with E-state index in [1.165, 1.54) is 5.49 Å². The number of hydrogen-bond donors (Lipinski definition) is 1. The molecular formula is C11H10F2N4S. The van der Waals surface area contributed by atoms with Crippen molar-refractivity contribution in [1.29, 1.82) is 0 Å². The van der Waals surface area contributed by atoms with E-state index in [2.05, 4.69) is 27.6 Å². The van der Waals surface area contributed by atoms with Gasteiger partial charge in [-0.2, -0.15) is 5.10 Å². The minimum Gasteiger partial charge on any atom is -0.336 e. The third-order valence-corrected chi connectivity index (χ3v) is 2.49. The standard InChI is InChI=1S/C11H10F2N4S/c1-7-2-11(15-6-18)16-17(7)5-10-9(13)3-8(12)4-14-10/h2-4,6H,5H2,1H3,(H,15,16,18). The van der Waals surface area contributed by atoms with E-state index >= 15 is 0 Å². The normalized spacial score (nSPS) is 10.4. The highest BCUT2D eigenvalue weighted by Crippen LogP contribution is 2.12. The van der Waals surface area contributed by atoms with Gasteiger partial charge in [0, 0.05) is 17.8 Å². The van der Waals surface area contributed by atoms with Crippen LogP contribution in [-0.2, 0) is 6.54 Å². The van der Waals surface area contributed by atoms with Gasteiger partial charge in [0.15, 0.2) is 5.82 Å². The molecule has 0 aromatic carbocycles. The molecule has 2 heterocycles. The Kier molecular flexibility index (Phi) is 3.61. The number of nitrogens with one attached hydrogen (secondary N) is 1. The van der Waals surface area contributed by atoms with Crippen molar-refractivity contribution in [3.63, 3.8) is 0 Å². The van der Waals surface area contributed by atoms with Gasteiger partial charge in [0.2, 0.25) is 0 Å². The molecule has 0 spiro atoms. The number of halogens is 2. The Morgan fingerprint density at radius 2 is 2.22 bits per heavy atom. The van der Waals surface area contributed by atoms with E-state index in [-0.39, 0.29) is 12.2 Å². The van der Waals surface area contributed by atoms with E-state index in [9.17, 15) is 8.78 Å². The molecule has 0 saturated carbocycles. The van der Waals surface area contributed by atoms with Gasteiger partial charge in [0.1, 0.15) is 11.6 Å². The number of nitrogens with zero attached hydrogens (tertiary/aromatic N) is 3. The van der Waals surface area contributed by atoms with Crippen LogP contribution in [0.1, 0.15) is 11.4 Å². The van der Waals surface area contributed by atoms with Crippen molar-refractivity contribution in [2.75, 3.05) is 5.32 Å². The molecule has 2 aromatic heterocycles. The summed E-state index contributed by atoms with van der Waals surface area (Å²) in [7, 11) is 0. The van der Waals surface area contributed by atoms with E-state index in [0.29, 0.717) is 5.82 Å². The molecule has 0 aliphatic carbocycles. The molecule has 4 nitrogen and oxygen atoms in total. The molecule has 2 rings (SSSR count). The third-order valence-electron chi connectivity index (χ3n) is 2.37. The van der Waals surface area contributed by atoms with E-state index in [1.54, 1.807) is 10.7 Å². The molecule has 0 unspecified atom stereocenters. The first-order valence-electron chi connectivity index (χ1n) is 5.14. The van der Waals surface area contributed by atoms with Crippen molar-refractivity contribution in [2.45, 2.75) is 13.5 Å². The van der Waals surface area contributed by atoms with Crippen molar-refractivity contribution in [2.24, 2.45) is 0 Å². The van der Waals surface area contributed by atoms with Crippen LogP contribution in [0.15, 0.2) is 18.3 Å². The number of rotatable bonds is 4. The lowest BCUT2D eigenvalue weighted by Crippen LogP contribution is -2.08. The Labute approximate surface area is 108 Å². The highest BCUT2D eigenvalue weighted by atomic mass is 32.1. The summed E-state index contributed by atoms with van der Waals surface area (Å²) >= 11 is 4.65. The molecule has 2 aromatic rings. The van der Waals surface area contributed by atoms with Crippen LogP contribution < -0.4 is 5.32 Å². The second-order valence-electron chi connectivity index (χ2n) is 3.67. The van der Waals surface area contributed by atoms with Crippen molar-refractivity contribution < 1.29 is 8.78 Å². The number of hydrogen-bond acceptors (Lipinski definition) is 3. The molecule has 0 fully saturated rings. The molecule has 0 atom stereocenters. The van der Waals surface area contributed by atoms with Gasteiger partial charge in [-0.3, -0.25) is 9.67 Å². The van der Waals surface area contributed by atoms with Crippen molar-refractivity contribution in [3.8, 4) is 0 Å². The van der Waals surface area contributed by atoms with Gasteiger partial charge >= 0.3 is 0 Å². The van der Waals surface area contributed by atoms with E-state index in [4.69, 9.17) is 0 Å². The van der Waals surface area contributed by atoms with E-state index in [0.717, 1.165) is 18.0 Å². The van der Waals surface area contributed by atoms with Gasteiger partial charge in [-0.15, -0.1) is 0 Å². The van der Waals surface area contributed by atoms with Crippen LogP contribution >= 0.6 is 12.2 Å². The summed E-state index contributed by atoms with van der Waals surface area (Å²) in [6.07, 6.45) is 0.980. The number of anilines is 1. The first-order chi connectivity index (χ1) is 8.60. The third kappa shape index (κ3) is 2.67. The smallest absolute Gasteiger partial charge is 0.152 e. The monoisotopic (exact) mass is 268 g/mol. The second kappa shape index (κ2) is 5.18. The van der Waals surface area contributed by atoms with Crippen molar-refractivity contribution >= 4 is 23.5 Å². The number of pyridine rings is 1. The topological polar surface area (TPSA) is 42.7 Å². The summed E-state index contributed by atoms with van der Waals surface area (Å²) in [5.41, 5.74) is 2.29. The van der Waals surface area contributed by atoms with Crippen LogP contribution in [0.4, 0.5) is 14.6 Å². The van der Waals surface area contributed by atoms with Gasteiger partial charge in [0.05, 0.1) is 23.9 Å². The maximum Gasteiger partial charge on any atom is 0.152 e. The zero-order valence-electron chi connectivity index (χ0n) is 9.52. The number of thiocarbonyl (C=S) groups is 1. The second-order valence-corrected chi connectivity index (χ2v) is 3.91. The zero-order chi connectivity index (χ0) is 13.1. The molecule has 0 radical (unpaired) electrons. The van der Waals surface area contributed by atoms with Gasteiger partial charge in [-0.05, 0) is 6.92 Å². The average molecular weight is 268 g/mol. The van der Waals surface area contributed by atoms with E-state index < -0.39 is 11.6 Å². The fourth-order valence-electron chi connectivity index (χ4n) is 1.50. The zero-order valence-corrected chi connectivity index (χ0v) is 10.3. The number of aromatic nitrogens is 3. The highest BCUT2D eigenvalue weighted by Gasteiger charge is 2.09. The van der Waals surface area contributed by atoms with Crippen LogP contribution in [0.25, 0.3) is 0 Å². The minimum absolute atomic E-state index is 0.136. The van der Waals surface area contributed by atoms with Crippen molar-refractivity contribution in [3.05, 3.63) is 41.4 Å².